The summed E-state index contributed by atoms with van der Waals surface area (Å²) in [6, 6.07) is 21.6. The number of carboxylic acids is 1. The van der Waals surface area contributed by atoms with Gasteiger partial charge in [-0.15, -0.1) is 0 Å². The van der Waals surface area contributed by atoms with Crippen LogP contribution in [0.5, 0.6) is 0 Å². The number of carbonyl (C=O) groups is 2. The Balaban J connectivity index is 1.51. The lowest BCUT2D eigenvalue weighted by molar-refractivity contribution is -0.136. The van der Waals surface area contributed by atoms with Crippen molar-refractivity contribution in [2.45, 2.75) is 31.5 Å². The van der Waals surface area contributed by atoms with Crippen LogP contribution in [0, 0.1) is 0 Å². The van der Waals surface area contributed by atoms with Crippen LogP contribution < -0.4 is 0 Å². The first-order chi connectivity index (χ1) is 15.0. The predicted octanol–water partition coefficient (Wildman–Crippen LogP) is 5.36. The third-order valence-corrected chi connectivity index (χ3v) is 6.46. The monoisotopic (exact) mass is 477 g/mol. The van der Waals surface area contributed by atoms with E-state index in [1.54, 1.807) is 0 Å². The van der Waals surface area contributed by atoms with Crippen LogP contribution in [0.3, 0.4) is 0 Å². The molecule has 1 fully saturated rings. The van der Waals surface area contributed by atoms with Crippen molar-refractivity contribution in [3.8, 4) is 11.1 Å². The SMILES string of the molecule is O=C(O)Cc1cccc(-c2ccc(Br)cc2CN2C(=O)O[C@@H]3Cc4ccccc4C32)c1. The molecule has 5 rings (SSSR count). The zero-order chi connectivity index (χ0) is 21.5. The lowest BCUT2D eigenvalue weighted by atomic mass is 9.96. The van der Waals surface area contributed by atoms with Crippen molar-refractivity contribution in [3.05, 3.63) is 93.5 Å². The molecule has 1 unspecified atom stereocenters. The number of halogens is 1. The van der Waals surface area contributed by atoms with Crippen LogP contribution in [0.1, 0.15) is 28.3 Å². The van der Waals surface area contributed by atoms with E-state index < -0.39 is 5.97 Å². The summed E-state index contributed by atoms with van der Waals surface area (Å²) in [7, 11) is 0. The second kappa shape index (κ2) is 7.85. The molecule has 3 aromatic rings. The first kappa shape index (κ1) is 19.8. The van der Waals surface area contributed by atoms with Gasteiger partial charge >= 0.3 is 12.1 Å². The number of hydrogen-bond donors (Lipinski definition) is 1. The number of hydrogen-bond acceptors (Lipinski definition) is 3. The molecule has 1 amide bonds. The molecule has 2 aliphatic rings. The maximum absolute atomic E-state index is 12.7. The number of carbonyl (C=O) groups excluding carboxylic acids is 1. The van der Waals surface area contributed by atoms with Gasteiger partial charge in [0.05, 0.1) is 19.0 Å². The highest BCUT2D eigenvalue weighted by molar-refractivity contribution is 9.10. The molecule has 1 saturated heterocycles. The van der Waals surface area contributed by atoms with E-state index in [0.717, 1.165) is 38.7 Å². The molecule has 5 nitrogen and oxygen atoms in total. The summed E-state index contributed by atoms with van der Waals surface area (Å²) in [5, 5.41) is 9.14. The largest absolute Gasteiger partial charge is 0.481 e. The van der Waals surface area contributed by atoms with Crippen molar-refractivity contribution in [2.24, 2.45) is 0 Å². The topological polar surface area (TPSA) is 66.8 Å². The maximum atomic E-state index is 12.7. The van der Waals surface area contributed by atoms with Crippen LogP contribution in [-0.2, 0) is 28.9 Å². The standard InChI is InChI=1S/C25H20BrNO4/c26-19-8-9-20(16-6-3-4-15(10-16)11-23(28)29)18(12-19)14-27-24-21-7-2-1-5-17(21)13-22(24)31-25(27)30/h1-10,12,22,24H,11,13-14H2,(H,28,29)/t22-,24?/m1/s1. The molecular weight excluding hydrogens is 458 g/mol. The van der Waals surface area contributed by atoms with Gasteiger partial charge in [-0.1, -0.05) is 70.5 Å². The molecule has 2 atom stereocenters. The molecule has 0 spiro atoms. The Kier molecular flexibility index (Phi) is 5.02. The summed E-state index contributed by atoms with van der Waals surface area (Å²) >= 11 is 3.55. The molecule has 6 heteroatoms. The van der Waals surface area contributed by atoms with Crippen molar-refractivity contribution < 1.29 is 19.4 Å². The van der Waals surface area contributed by atoms with Gasteiger partial charge in [-0.25, -0.2) is 4.79 Å². The first-order valence-corrected chi connectivity index (χ1v) is 10.9. The van der Waals surface area contributed by atoms with E-state index in [1.807, 2.05) is 59.5 Å². The van der Waals surface area contributed by atoms with Crippen LogP contribution in [-0.4, -0.2) is 28.2 Å². The molecule has 1 N–H and O–H groups in total. The van der Waals surface area contributed by atoms with Crippen molar-refractivity contribution in [1.82, 2.24) is 4.90 Å². The van der Waals surface area contributed by atoms with E-state index in [4.69, 9.17) is 9.84 Å². The average molecular weight is 478 g/mol. The second-order valence-electron chi connectivity index (χ2n) is 7.97. The molecule has 1 heterocycles. The molecule has 1 aliphatic carbocycles. The van der Waals surface area contributed by atoms with Crippen molar-refractivity contribution >= 4 is 28.0 Å². The Morgan fingerprint density at radius 1 is 1.10 bits per heavy atom. The van der Waals surface area contributed by atoms with Gasteiger partial charge in [0.25, 0.3) is 0 Å². The number of amides is 1. The van der Waals surface area contributed by atoms with Gasteiger partial charge in [0.2, 0.25) is 0 Å². The molecule has 156 valence electrons. The Labute approximate surface area is 188 Å². The van der Waals surface area contributed by atoms with Crippen LogP contribution >= 0.6 is 15.9 Å². The minimum Gasteiger partial charge on any atom is -0.481 e. The van der Waals surface area contributed by atoms with Crippen LogP contribution in [0.25, 0.3) is 11.1 Å². The molecule has 0 radical (unpaired) electrons. The van der Waals surface area contributed by atoms with Gasteiger partial charge in [-0.3, -0.25) is 9.69 Å². The number of benzene rings is 3. The molecule has 0 saturated carbocycles. The Morgan fingerprint density at radius 2 is 1.94 bits per heavy atom. The zero-order valence-electron chi connectivity index (χ0n) is 16.6. The van der Waals surface area contributed by atoms with Gasteiger partial charge in [0.15, 0.2) is 0 Å². The minimum atomic E-state index is -0.862. The van der Waals surface area contributed by atoms with Gasteiger partial charge in [0, 0.05) is 10.9 Å². The van der Waals surface area contributed by atoms with Crippen LogP contribution in [0.2, 0.25) is 0 Å². The fraction of sp³-hybridized carbons (Fsp3) is 0.200. The van der Waals surface area contributed by atoms with Crippen LogP contribution in [0.15, 0.2) is 71.2 Å². The van der Waals surface area contributed by atoms with Gasteiger partial charge in [-0.2, -0.15) is 0 Å². The van der Waals surface area contributed by atoms with E-state index in [1.165, 1.54) is 5.56 Å². The maximum Gasteiger partial charge on any atom is 0.411 e. The summed E-state index contributed by atoms with van der Waals surface area (Å²) in [6.45, 7) is 0.409. The highest BCUT2D eigenvalue weighted by Crippen LogP contribution is 2.44. The van der Waals surface area contributed by atoms with Crippen molar-refractivity contribution in [3.63, 3.8) is 0 Å². The Morgan fingerprint density at radius 3 is 2.77 bits per heavy atom. The van der Waals surface area contributed by atoms with Crippen LogP contribution in [0.4, 0.5) is 4.79 Å². The number of nitrogens with zero attached hydrogens (tertiary/aromatic N) is 1. The normalized spacial score (nSPS) is 19.1. The first-order valence-electron chi connectivity index (χ1n) is 10.1. The van der Waals surface area contributed by atoms with Gasteiger partial charge < -0.3 is 9.84 Å². The zero-order valence-corrected chi connectivity index (χ0v) is 18.2. The number of aliphatic carboxylic acids is 1. The average Bonchev–Trinajstić information content (AvgIpc) is 3.23. The van der Waals surface area contributed by atoms with Gasteiger partial charge in [-0.05, 0) is 45.5 Å². The van der Waals surface area contributed by atoms with Crippen molar-refractivity contribution in [1.29, 1.82) is 0 Å². The van der Waals surface area contributed by atoms with Crippen molar-refractivity contribution in [2.75, 3.05) is 0 Å². The highest BCUT2D eigenvalue weighted by Gasteiger charge is 2.47. The Bertz CT molecular complexity index is 1190. The Hall–Kier alpha value is -3.12. The van der Waals surface area contributed by atoms with E-state index in [-0.39, 0.29) is 24.7 Å². The molecule has 0 aromatic heterocycles. The summed E-state index contributed by atoms with van der Waals surface area (Å²) < 4.78 is 6.62. The van der Waals surface area contributed by atoms with E-state index in [9.17, 15) is 9.59 Å². The minimum absolute atomic E-state index is 0.0291. The lowest BCUT2D eigenvalue weighted by Crippen LogP contribution is -2.27. The molecular formula is C25H20BrNO4. The van der Waals surface area contributed by atoms with E-state index in [0.29, 0.717) is 6.54 Å². The highest BCUT2D eigenvalue weighted by atomic mass is 79.9. The fourth-order valence-corrected chi connectivity index (χ4v) is 5.08. The molecule has 1 aliphatic heterocycles. The lowest BCUT2D eigenvalue weighted by Gasteiger charge is -2.23. The summed E-state index contributed by atoms with van der Waals surface area (Å²) in [5.74, 6) is -0.862. The third kappa shape index (κ3) is 3.72. The van der Waals surface area contributed by atoms with E-state index in [2.05, 4.69) is 28.1 Å². The second-order valence-corrected chi connectivity index (χ2v) is 8.89. The van der Waals surface area contributed by atoms with E-state index >= 15 is 0 Å². The third-order valence-electron chi connectivity index (χ3n) is 5.97. The smallest absolute Gasteiger partial charge is 0.411 e. The number of fused-ring (bicyclic) bond motifs is 3. The molecule has 0 bridgehead atoms. The summed E-state index contributed by atoms with van der Waals surface area (Å²) in [5.41, 5.74) is 5.99. The van der Waals surface area contributed by atoms with Gasteiger partial charge in [0.1, 0.15) is 6.10 Å². The summed E-state index contributed by atoms with van der Waals surface area (Å²) in [4.78, 5) is 25.7. The quantitative estimate of drug-likeness (QED) is 0.536. The fourth-order valence-electron chi connectivity index (χ4n) is 4.67. The number of ether oxygens (including phenoxy) is 1. The molecule has 3 aromatic carbocycles. The number of rotatable bonds is 5. The molecule has 31 heavy (non-hydrogen) atoms. The summed E-state index contributed by atoms with van der Waals surface area (Å²) in [6.07, 6.45) is 0.263. The predicted molar refractivity (Wildman–Crippen MR) is 120 cm³/mol. The number of carboxylic acid groups (broad SMARTS) is 1.